The van der Waals surface area contributed by atoms with Crippen molar-refractivity contribution in [1.82, 2.24) is 5.32 Å². The topological polar surface area (TPSA) is 75.6 Å². The quantitative estimate of drug-likeness (QED) is 0.655. The summed E-state index contributed by atoms with van der Waals surface area (Å²) in [7, 11) is 0. The highest BCUT2D eigenvalue weighted by Crippen LogP contribution is 2.28. The summed E-state index contributed by atoms with van der Waals surface area (Å²) in [6.45, 7) is 3.67. The normalized spacial score (nSPS) is 30.7. The molecule has 84 valence electrons. The van der Waals surface area contributed by atoms with Gasteiger partial charge in [-0.1, -0.05) is 6.08 Å². The predicted molar refractivity (Wildman–Crippen MR) is 53.3 cm³/mol. The van der Waals surface area contributed by atoms with E-state index in [-0.39, 0.29) is 19.1 Å². The van der Waals surface area contributed by atoms with Crippen LogP contribution in [-0.2, 0) is 14.3 Å². The Kier molecular flexibility index (Phi) is 3.47. The van der Waals surface area contributed by atoms with Crippen molar-refractivity contribution in [3.63, 3.8) is 0 Å². The zero-order valence-corrected chi connectivity index (χ0v) is 8.82. The van der Waals surface area contributed by atoms with Gasteiger partial charge in [0.2, 0.25) is 5.91 Å². The minimum Gasteiger partial charge on any atom is -0.481 e. The SMILES string of the molecule is C/C=C/C(=O)NC1COCC1(C)C(=O)O. The molecule has 0 aromatic heterocycles. The zero-order valence-electron chi connectivity index (χ0n) is 8.82. The van der Waals surface area contributed by atoms with Crippen LogP contribution >= 0.6 is 0 Å². The van der Waals surface area contributed by atoms with Crippen LogP contribution in [0.25, 0.3) is 0 Å². The molecular formula is C10H15NO4. The van der Waals surface area contributed by atoms with Gasteiger partial charge in [-0.2, -0.15) is 0 Å². The summed E-state index contributed by atoms with van der Waals surface area (Å²) in [5, 5.41) is 11.7. The molecule has 1 amide bonds. The Hall–Kier alpha value is -1.36. The van der Waals surface area contributed by atoms with Gasteiger partial charge in [0.05, 0.1) is 19.3 Å². The smallest absolute Gasteiger partial charge is 0.313 e. The molecule has 0 aliphatic carbocycles. The van der Waals surface area contributed by atoms with Crippen molar-refractivity contribution in [2.24, 2.45) is 5.41 Å². The highest BCUT2D eigenvalue weighted by atomic mass is 16.5. The van der Waals surface area contributed by atoms with E-state index in [0.717, 1.165) is 0 Å². The number of nitrogens with one attached hydrogen (secondary N) is 1. The van der Waals surface area contributed by atoms with Gasteiger partial charge in [0.25, 0.3) is 0 Å². The molecule has 1 rings (SSSR count). The Morgan fingerprint density at radius 2 is 2.27 bits per heavy atom. The molecule has 5 nitrogen and oxygen atoms in total. The maximum Gasteiger partial charge on any atom is 0.313 e. The van der Waals surface area contributed by atoms with E-state index in [1.165, 1.54) is 6.08 Å². The van der Waals surface area contributed by atoms with E-state index in [2.05, 4.69) is 5.32 Å². The first kappa shape index (κ1) is 11.7. The fraction of sp³-hybridized carbons (Fsp3) is 0.600. The second kappa shape index (κ2) is 4.44. The lowest BCUT2D eigenvalue weighted by Crippen LogP contribution is -2.49. The van der Waals surface area contributed by atoms with E-state index in [0.29, 0.717) is 0 Å². The van der Waals surface area contributed by atoms with E-state index >= 15 is 0 Å². The number of aliphatic carboxylic acids is 1. The summed E-state index contributed by atoms with van der Waals surface area (Å²) < 4.78 is 5.09. The van der Waals surface area contributed by atoms with Crippen molar-refractivity contribution in [3.8, 4) is 0 Å². The minimum absolute atomic E-state index is 0.128. The molecule has 1 heterocycles. The Labute approximate surface area is 88.1 Å². The molecule has 2 unspecified atom stereocenters. The van der Waals surface area contributed by atoms with E-state index in [1.54, 1.807) is 19.9 Å². The standard InChI is InChI=1S/C10H15NO4/c1-3-4-8(12)11-7-5-15-6-10(7,2)9(13)14/h3-4,7H,5-6H2,1-2H3,(H,11,12)(H,13,14)/b4-3+. The summed E-state index contributed by atoms with van der Waals surface area (Å²) in [6.07, 6.45) is 2.96. The van der Waals surface area contributed by atoms with Crippen molar-refractivity contribution >= 4 is 11.9 Å². The molecule has 0 aromatic rings. The summed E-state index contributed by atoms with van der Waals surface area (Å²) in [6, 6.07) is -0.473. The van der Waals surface area contributed by atoms with Gasteiger partial charge in [-0.15, -0.1) is 0 Å². The van der Waals surface area contributed by atoms with Crippen molar-refractivity contribution in [2.75, 3.05) is 13.2 Å². The fourth-order valence-electron chi connectivity index (χ4n) is 1.46. The average Bonchev–Trinajstić information content (AvgIpc) is 2.50. The Morgan fingerprint density at radius 1 is 1.60 bits per heavy atom. The van der Waals surface area contributed by atoms with Crippen molar-refractivity contribution in [3.05, 3.63) is 12.2 Å². The van der Waals surface area contributed by atoms with Gasteiger partial charge in [-0.25, -0.2) is 0 Å². The number of allylic oxidation sites excluding steroid dienone is 1. The van der Waals surface area contributed by atoms with E-state index in [4.69, 9.17) is 9.84 Å². The van der Waals surface area contributed by atoms with E-state index in [1.807, 2.05) is 0 Å². The maximum atomic E-state index is 11.3. The van der Waals surface area contributed by atoms with Crippen LogP contribution in [0, 0.1) is 5.41 Å². The van der Waals surface area contributed by atoms with Gasteiger partial charge in [0, 0.05) is 0 Å². The second-order valence-corrected chi connectivity index (χ2v) is 3.80. The van der Waals surface area contributed by atoms with Gasteiger partial charge in [0.1, 0.15) is 5.41 Å². The first-order chi connectivity index (χ1) is 7.00. The molecule has 1 aliphatic rings. The van der Waals surface area contributed by atoms with Crippen LogP contribution in [0.3, 0.4) is 0 Å². The van der Waals surface area contributed by atoms with Gasteiger partial charge >= 0.3 is 5.97 Å². The highest BCUT2D eigenvalue weighted by molar-refractivity contribution is 5.88. The molecule has 5 heteroatoms. The molecule has 0 radical (unpaired) electrons. The number of carboxylic acid groups (broad SMARTS) is 1. The van der Waals surface area contributed by atoms with Gasteiger partial charge in [-0.05, 0) is 19.9 Å². The number of hydrogen-bond acceptors (Lipinski definition) is 3. The summed E-state index contributed by atoms with van der Waals surface area (Å²) in [5.74, 6) is -1.24. The minimum atomic E-state index is -1.03. The fourth-order valence-corrected chi connectivity index (χ4v) is 1.46. The van der Waals surface area contributed by atoms with Crippen LogP contribution in [0.5, 0.6) is 0 Å². The number of amides is 1. The molecule has 2 N–H and O–H groups in total. The summed E-state index contributed by atoms with van der Waals surface area (Å²) in [4.78, 5) is 22.3. The van der Waals surface area contributed by atoms with Crippen LogP contribution in [0.2, 0.25) is 0 Å². The maximum absolute atomic E-state index is 11.3. The number of hydrogen-bond donors (Lipinski definition) is 2. The highest BCUT2D eigenvalue weighted by Gasteiger charge is 2.47. The third-order valence-corrected chi connectivity index (χ3v) is 2.58. The number of carbonyl (C=O) groups is 2. The lowest BCUT2D eigenvalue weighted by Gasteiger charge is -2.24. The number of rotatable bonds is 3. The molecule has 1 aliphatic heterocycles. The van der Waals surface area contributed by atoms with Crippen LogP contribution in [-0.4, -0.2) is 36.2 Å². The Morgan fingerprint density at radius 3 is 2.80 bits per heavy atom. The first-order valence-corrected chi connectivity index (χ1v) is 4.75. The van der Waals surface area contributed by atoms with Crippen LogP contribution < -0.4 is 5.32 Å². The summed E-state index contributed by atoms with van der Waals surface area (Å²) >= 11 is 0. The van der Waals surface area contributed by atoms with Crippen LogP contribution in [0.15, 0.2) is 12.2 Å². The molecule has 0 aromatic carbocycles. The van der Waals surface area contributed by atoms with Crippen LogP contribution in [0.1, 0.15) is 13.8 Å². The lowest BCUT2D eigenvalue weighted by molar-refractivity contribution is -0.148. The third-order valence-electron chi connectivity index (χ3n) is 2.58. The zero-order chi connectivity index (χ0) is 11.5. The van der Waals surface area contributed by atoms with Crippen molar-refractivity contribution in [2.45, 2.75) is 19.9 Å². The second-order valence-electron chi connectivity index (χ2n) is 3.80. The average molecular weight is 213 g/mol. The Bertz CT molecular complexity index is 300. The number of carboxylic acids is 1. The van der Waals surface area contributed by atoms with Gasteiger partial charge in [-0.3, -0.25) is 9.59 Å². The molecule has 0 saturated carbocycles. The van der Waals surface area contributed by atoms with E-state index in [9.17, 15) is 9.59 Å². The first-order valence-electron chi connectivity index (χ1n) is 4.75. The number of carbonyl (C=O) groups excluding carboxylic acids is 1. The summed E-state index contributed by atoms with van der Waals surface area (Å²) in [5.41, 5.74) is -1.03. The molecular weight excluding hydrogens is 198 g/mol. The molecule has 2 atom stereocenters. The predicted octanol–water partition coefficient (Wildman–Crippen LogP) is 0.168. The molecule has 15 heavy (non-hydrogen) atoms. The van der Waals surface area contributed by atoms with Crippen molar-refractivity contribution < 1.29 is 19.4 Å². The third kappa shape index (κ3) is 2.36. The molecule has 0 spiro atoms. The Balaban J connectivity index is 2.69. The van der Waals surface area contributed by atoms with Crippen molar-refractivity contribution in [1.29, 1.82) is 0 Å². The molecule has 0 bridgehead atoms. The lowest BCUT2D eigenvalue weighted by atomic mass is 9.85. The largest absolute Gasteiger partial charge is 0.481 e. The van der Waals surface area contributed by atoms with Gasteiger partial charge in [0.15, 0.2) is 0 Å². The molecule has 1 saturated heterocycles. The number of ether oxygens (including phenoxy) is 1. The van der Waals surface area contributed by atoms with E-state index < -0.39 is 17.4 Å². The molecule has 1 fully saturated rings. The monoisotopic (exact) mass is 213 g/mol. The van der Waals surface area contributed by atoms with Crippen LogP contribution in [0.4, 0.5) is 0 Å². The van der Waals surface area contributed by atoms with Gasteiger partial charge < -0.3 is 15.2 Å².